The van der Waals surface area contributed by atoms with Crippen LogP contribution in [0.2, 0.25) is 5.02 Å². The minimum Gasteiger partial charge on any atom is -0.497 e. The second-order valence-electron chi connectivity index (χ2n) is 5.80. The fraction of sp³-hybridized carbons (Fsp3) is 0.158. The highest BCUT2D eigenvalue weighted by molar-refractivity contribution is 7.80. The molecule has 3 rings (SSSR count). The summed E-state index contributed by atoms with van der Waals surface area (Å²) >= 11 is 11.6. The molecule has 0 aliphatic rings. The normalized spacial score (nSPS) is 10.4. The highest BCUT2D eigenvalue weighted by atomic mass is 35.5. The van der Waals surface area contributed by atoms with E-state index < -0.39 is 0 Å². The van der Waals surface area contributed by atoms with Crippen LogP contribution in [-0.4, -0.2) is 29.1 Å². The Bertz CT molecular complexity index is 979. The van der Waals surface area contributed by atoms with Crippen molar-refractivity contribution >= 4 is 40.4 Å². The summed E-state index contributed by atoms with van der Waals surface area (Å²) in [7, 11) is 3.14. The Balaban J connectivity index is 1.67. The van der Waals surface area contributed by atoms with E-state index in [0.29, 0.717) is 39.7 Å². The number of hydrogen-bond donors (Lipinski definition) is 2. The van der Waals surface area contributed by atoms with Crippen molar-refractivity contribution in [1.29, 1.82) is 0 Å². The van der Waals surface area contributed by atoms with Crippen LogP contribution >= 0.6 is 23.8 Å². The molecular formula is C19H18ClFN4O2S. The Morgan fingerprint density at radius 1 is 1.14 bits per heavy atom. The second-order valence-corrected chi connectivity index (χ2v) is 6.61. The van der Waals surface area contributed by atoms with Crippen LogP contribution in [0.1, 0.15) is 5.56 Å². The van der Waals surface area contributed by atoms with Gasteiger partial charge in [0.1, 0.15) is 22.3 Å². The molecule has 0 fully saturated rings. The van der Waals surface area contributed by atoms with Gasteiger partial charge in [0.05, 0.1) is 26.5 Å². The summed E-state index contributed by atoms with van der Waals surface area (Å²) in [6.45, 7) is 0.453. The van der Waals surface area contributed by atoms with Gasteiger partial charge in [-0.2, -0.15) is 5.10 Å². The predicted molar refractivity (Wildman–Crippen MR) is 112 cm³/mol. The summed E-state index contributed by atoms with van der Waals surface area (Å²) < 4.78 is 25.2. The maximum absolute atomic E-state index is 13.0. The zero-order chi connectivity index (χ0) is 20.1. The molecule has 9 heteroatoms. The van der Waals surface area contributed by atoms with E-state index in [1.807, 2.05) is 0 Å². The van der Waals surface area contributed by atoms with Gasteiger partial charge in [-0.05, 0) is 42.0 Å². The highest BCUT2D eigenvalue weighted by Gasteiger charge is 2.11. The van der Waals surface area contributed by atoms with Crippen molar-refractivity contribution in [2.75, 3.05) is 24.9 Å². The molecule has 0 saturated heterocycles. The first-order chi connectivity index (χ1) is 13.5. The zero-order valence-electron chi connectivity index (χ0n) is 15.2. The summed E-state index contributed by atoms with van der Waals surface area (Å²) in [5, 5.41) is 11.1. The minimum absolute atomic E-state index is 0.282. The van der Waals surface area contributed by atoms with Crippen LogP contribution in [0.15, 0.2) is 48.7 Å². The van der Waals surface area contributed by atoms with Gasteiger partial charge >= 0.3 is 0 Å². The smallest absolute Gasteiger partial charge is 0.176 e. The maximum atomic E-state index is 13.0. The fourth-order valence-corrected chi connectivity index (χ4v) is 2.91. The predicted octanol–water partition coefficient (Wildman–Crippen LogP) is 4.55. The molecule has 6 nitrogen and oxygen atoms in total. The van der Waals surface area contributed by atoms with Crippen LogP contribution in [0.5, 0.6) is 11.5 Å². The molecule has 0 spiro atoms. The number of anilines is 2. The van der Waals surface area contributed by atoms with E-state index in [1.165, 1.54) is 12.1 Å². The molecule has 0 saturated carbocycles. The average molecular weight is 421 g/mol. The molecule has 1 aromatic heterocycles. The number of nitrogens with zero attached hydrogens (tertiary/aromatic N) is 2. The number of hydrogen-bond acceptors (Lipinski definition) is 4. The molecule has 28 heavy (non-hydrogen) atoms. The van der Waals surface area contributed by atoms with Crippen molar-refractivity contribution in [2.45, 2.75) is 6.54 Å². The number of methoxy groups -OCH3 is 2. The van der Waals surface area contributed by atoms with Crippen molar-refractivity contribution in [1.82, 2.24) is 9.78 Å². The van der Waals surface area contributed by atoms with Gasteiger partial charge in [-0.15, -0.1) is 0 Å². The molecule has 0 aliphatic carbocycles. The minimum atomic E-state index is -0.282. The van der Waals surface area contributed by atoms with Crippen LogP contribution < -0.4 is 20.1 Å². The van der Waals surface area contributed by atoms with Gasteiger partial charge in [-0.25, -0.2) is 4.39 Å². The lowest BCUT2D eigenvalue weighted by Crippen LogP contribution is -2.20. The summed E-state index contributed by atoms with van der Waals surface area (Å²) in [6, 6.07) is 11.5. The third kappa shape index (κ3) is 4.90. The van der Waals surface area contributed by atoms with Gasteiger partial charge < -0.3 is 20.1 Å². The van der Waals surface area contributed by atoms with E-state index in [0.717, 1.165) is 5.56 Å². The lowest BCUT2D eigenvalue weighted by atomic mass is 10.2. The van der Waals surface area contributed by atoms with Crippen LogP contribution in [0.25, 0.3) is 0 Å². The van der Waals surface area contributed by atoms with Crippen LogP contribution in [0.4, 0.5) is 15.9 Å². The number of ether oxygens (including phenoxy) is 2. The van der Waals surface area contributed by atoms with E-state index in [4.69, 9.17) is 33.3 Å². The third-order valence-electron chi connectivity index (χ3n) is 3.86. The molecule has 0 radical (unpaired) electrons. The van der Waals surface area contributed by atoms with Crippen molar-refractivity contribution in [2.24, 2.45) is 0 Å². The lowest BCUT2D eigenvalue weighted by Gasteiger charge is -2.13. The molecule has 2 N–H and O–H groups in total. The van der Waals surface area contributed by atoms with Crippen LogP contribution in [0, 0.1) is 5.82 Å². The Hall–Kier alpha value is -2.84. The molecular weight excluding hydrogens is 403 g/mol. The molecule has 146 valence electrons. The maximum Gasteiger partial charge on any atom is 0.176 e. The lowest BCUT2D eigenvalue weighted by molar-refractivity contribution is 0.395. The van der Waals surface area contributed by atoms with Gasteiger partial charge in [0, 0.05) is 12.3 Å². The SMILES string of the molecule is COc1ccc(NC(=S)Nc2nn(Cc3ccc(F)cc3)cc2Cl)c(OC)c1. The molecule has 3 aromatic rings. The number of rotatable bonds is 6. The summed E-state index contributed by atoms with van der Waals surface area (Å²) in [4.78, 5) is 0. The quantitative estimate of drug-likeness (QED) is 0.570. The first kappa shape index (κ1) is 19.9. The van der Waals surface area contributed by atoms with Crippen LogP contribution in [-0.2, 0) is 6.54 Å². The molecule has 0 aliphatic heterocycles. The van der Waals surface area contributed by atoms with Gasteiger partial charge in [-0.1, -0.05) is 23.7 Å². The fourth-order valence-electron chi connectivity index (χ4n) is 2.50. The van der Waals surface area contributed by atoms with E-state index in [-0.39, 0.29) is 5.82 Å². The monoisotopic (exact) mass is 420 g/mol. The van der Waals surface area contributed by atoms with Crippen molar-refractivity contribution in [3.63, 3.8) is 0 Å². The number of thiocarbonyl (C=S) groups is 1. The molecule has 0 bridgehead atoms. The van der Waals surface area contributed by atoms with Gasteiger partial charge in [0.2, 0.25) is 0 Å². The Kier molecular flexibility index (Phi) is 6.33. The average Bonchev–Trinajstić information content (AvgIpc) is 3.02. The van der Waals surface area contributed by atoms with Crippen molar-refractivity contribution in [3.8, 4) is 11.5 Å². The van der Waals surface area contributed by atoms with Crippen molar-refractivity contribution in [3.05, 3.63) is 65.1 Å². The van der Waals surface area contributed by atoms with E-state index in [1.54, 1.807) is 55.4 Å². The Morgan fingerprint density at radius 2 is 1.89 bits per heavy atom. The van der Waals surface area contributed by atoms with Gasteiger partial charge in [-0.3, -0.25) is 4.68 Å². The number of aromatic nitrogens is 2. The molecule has 0 atom stereocenters. The largest absolute Gasteiger partial charge is 0.497 e. The molecule has 2 aromatic carbocycles. The van der Waals surface area contributed by atoms with Crippen LogP contribution in [0.3, 0.4) is 0 Å². The topological polar surface area (TPSA) is 60.3 Å². The molecule has 1 heterocycles. The molecule has 0 unspecified atom stereocenters. The number of benzene rings is 2. The highest BCUT2D eigenvalue weighted by Crippen LogP contribution is 2.29. The van der Waals surface area contributed by atoms with Gasteiger partial charge in [0.25, 0.3) is 0 Å². The standard InChI is InChI=1S/C19H18ClFN4O2S/c1-26-14-7-8-16(17(9-14)27-2)22-19(28)23-18-15(20)11-25(24-18)10-12-3-5-13(21)6-4-12/h3-9,11H,10H2,1-2H3,(H2,22,23,24,28). The Morgan fingerprint density at radius 3 is 2.57 bits per heavy atom. The van der Waals surface area contributed by atoms with E-state index in [9.17, 15) is 4.39 Å². The van der Waals surface area contributed by atoms with E-state index >= 15 is 0 Å². The summed E-state index contributed by atoms with van der Waals surface area (Å²) in [5.74, 6) is 1.38. The summed E-state index contributed by atoms with van der Waals surface area (Å²) in [6.07, 6.45) is 1.67. The first-order valence-corrected chi connectivity index (χ1v) is 9.04. The molecule has 0 amide bonds. The van der Waals surface area contributed by atoms with E-state index in [2.05, 4.69) is 15.7 Å². The third-order valence-corrected chi connectivity index (χ3v) is 4.34. The zero-order valence-corrected chi connectivity index (χ0v) is 16.8. The number of halogens is 2. The second kappa shape index (κ2) is 8.90. The van der Waals surface area contributed by atoms with Gasteiger partial charge in [0.15, 0.2) is 10.9 Å². The first-order valence-electron chi connectivity index (χ1n) is 8.26. The summed E-state index contributed by atoms with van der Waals surface area (Å²) in [5.41, 5.74) is 1.57. The number of nitrogens with one attached hydrogen (secondary N) is 2. The van der Waals surface area contributed by atoms with Crippen molar-refractivity contribution < 1.29 is 13.9 Å². The Labute approximate surface area is 172 Å².